The molecule has 11 aromatic rings. The molecule has 0 atom stereocenters. The minimum atomic E-state index is -4.52. The van der Waals surface area contributed by atoms with Crippen LogP contribution >= 0.6 is 0 Å². The predicted octanol–water partition coefficient (Wildman–Crippen LogP) is 15.5. The summed E-state index contributed by atoms with van der Waals surface area (Å²) < 4.78 is 43.6. The van der Waals surface area contributed by atoms with Crippen LogP contribution in [0.5, 0.6) is 0 Å². The molecular weight excluding hydrogens is 772 g/mol. The molecule has 0 bridgehead atoms. The zero-order valence-corrected chi connectivity index (χ0v) is 33.1. The first kappa shape index (κ1) is 37.1. The van der Waals surface area contributed by atoms with Crippen molar-refractivity contribution in [3.05, 3.63) is 212 Å². The van der Waals surface area contributed by atoms with E-state index in [4.69, 9.17) is 15.0 Å². The Morgan fingerprint density at radius 3 is 1.16 bits per heavy atom. The van der Waals surface area contributed by atoms with Gasteiger partial charge in [-0.3, -0.25) is 0 Å². The summed E-state index contributed by atoms with van der Waals surface area (Å²) in [5.74, 6) is 1.74. The Morgan fingerprint density at radius 1 is 0.274 bits per heavy atom. The van der Waals surface area contributed by atoms with Gasteiger partial charge < -0.3 is 0 Å². The second kappa shape index (κ2) is 14.9. The van der Waals surface area contributed by atoms with Gasteiger partial charge in [-0.15, -0.1) is 0 Å². The van der Waals surface area contributed by atoms with E-state index < -0.39 is 11.7 Å². The molecule has 6 heteroatoms. The molecule has 294 valence electrons. The molecule has 0 saturated carbocycles. The fourth-order valence-electron chi connectivity index (χ4n) is 8.65. The van der Waals surface area contributed by atoms with Crippen molar-refractivity contribution in [3.8, 4) is 67.5 Å². The SMILES string of the molecule is FC(F)(F)c1ccc2c(-c3ccc4ccccc4c3)c3cc(-c4ccc(-c5nc(-c6ccccc6)nc(-c6ccccc6)n5)cc4)ccc3c(-c3ccc4ccccc4c3)c2c1. The maximum absolute atomic E-state index is 14.5. The van der Waals surface area contributed by atoms with Crippen LogP contribution in [0.15, 0.2) is 206 Å². The third-order valence-corrected chi connectivity index (χ3v) is 11.7. The van der Waals surface area contributed by atoms with Crippen molar-refractivity contribution in [2.24, 2.45) is 0 Å². The molecule has 0 aliphatic heterocycles. The predicted molar refractivity (Wildman–Crippen MR) is 247 cm³/mol. The van der Waals surface area contributed by atoms with Crippen LogP contribution in [-0.4, -0.2) is 15.0 Å². The highest BCUT2D eigenvalue weighted by Crippen LogP contribution is 2.47. The van der Waals surface area contributed by atoms with Crippen LogP contribution in [0.4, 0.5) is 13.2 Å². The summed E-state index contributed by atoms with van der Waals surface area (Å²) in [5, 5.41) is 7.30. The zero-order chi connectivity index (χ0) is 41.8. The van der Waals surface area contributed by atoms with Crippen molar-refractivity contribution in [2.45, 2.75) is 6.18 Å². The molecule has 1 aromatic heterocycles. The smallest absolute Gasteiger partial charge is 0.208 e. The van der Waals surface area contributed by atoms with E-state index in [0.717, 1.165) is 87.8 Å². The lowest BCUT2D eigenvalue weighted by atomic mass is 9.83. The van der Waals surface area contributed by atoms with Crippen molar-refractivity contribution in [1.29, 1.82) is 0 Å². The summed E-state index contributed by atoms with van der Waals surface area (Å²) >= 11 is 0. The zero-order valence-electron chi connectivity index (χ0n) is 33.1. The number of nitrogens with zero attached hydrogens (tertiary/aromatic N) is 3. The molecule has 0 unspecified atom stereocenters. The number of rotatable bonds is 6. The van der Waals surface area contributed by atoms with Gasteiger partial charge in [0.15, 0.2) is 17.5 Å². The van der Waals surface area contributed by atoms with Gasteiger partial charge in [-0.05, 0) is 107 Å². The summed E-state index contributed by atoms with van der Waals surface area (Å²) in [6, 6.07) is 67.1. The molecule has 0 radical (unpaired) electrons. The molecule has 0 aliphatic carbocycles. The van der Waals surface area contributed by atoms with Crippen LogP contribution in [0.1, 0.15) is 5.56 Å². The number of alkyl halides is 3. The summed E-state index contributed by atoms with van der Waals surface area (Å²) in [6.07, 6.45) is -4.52. The molecule has 1 heterocycles. The number of hydrogen-bond donors (Lipinski definition) is 0. The van der Waals surface area contributed by atoms with E-state index in [9.17, 15) is 13.2 Å². The molecule has 10 aromatic carbocycles. The van der Waals surface area contributed by atoms with Gasteiger partial charge in [0.25, 0.3) is 0 Å². The molecule has 3 nitrogen and oxygen atoms in total. The molecule has 11 rings (SSSR count). The van der Waals surface area contributed by atoms with E-state index in [0.29, 0.717) is 22.9 Å². The largest absolute Gasteiger partial charge is 0.416 e. The summed E-state index contributed by atoms with van der Waals surface area (Å²) in [6.45, 7) is 0. The second-order valence-electron chi connectivity index (χ2n) is 15.5. The minimum absolute atomic E-state index is 0.546. The molecule has 0 spiro atoms. The maximum Gasteiger partial charge on any atom is 0.416 e. The highest BCUT2D eigenvalue weighted by molar-refractivity contribution is 6.22. The van der Waals surface area contributed by atoms with E-state index in [1.807, 2.05) is 121 Å². The standard InChI is InChI=1S/C56H34F3N3/c57-56(58,59)46-28-30-48-50(34-46)52(45-26-22-36-12-8-10-18-42(36)32-45)47-29-27-43(33-49(47)51(48)44-25-21-35-11-7-9-17-41(35)31-44)37-19-23-40(24-20-37)55-61-53(38-13-3-1-4-14-38)60-54(62-55)39-15-5-2-6-16-39/h1-34H. The van der Waals surface area contributed by atoms with Crippen LogP contribution in [0.2, 0.25) is 0 Å². The number of hydrogen-bond acceptors (Lipinski definition) is 3. The molecule has 62 heavy (non-hydrogen) atoms. The lowest BCUT2D eigenvalue weighted by Crippen LogP contribution is -2.05. The van der Waals surface area contributed by atoms with Crippen molar-refractivity contribution in [1.82, 2.24) is 15.0 Å². The van der Waals surface area contributed by atoms with E-state index in [-0.39, 0.29) is 0 Å². The van der Waals surface area contributed by atoms with Crippen LogP contribution in [-0.2, 0) is 6.18 Å². The first-order valence-corrected chi connectivity index (χ1v) is 20.4. The molecule has 0 saturated heterocycles. The fourth-order valence-corrected chi connectivity index (χ4v) is 8.65. The third-order valence-electron chi connectivity index (χ3n) is 11.7. The number of halogens is 3. The Balaban J connectivity index is 1.12. The number of benzene rings is 10. The Bertz CT molecular complexity index is 3430. The fraction of sp³-hybridized carbons (Fsp3) is 0.0179. The van der Waals surface area contributed by atoms with Gasteiger partial charge in [0.2, 0.25) is 0 Å². The molecule has 0 amide bonds. The number of aromatic nitrogens is 3. The van der Waals surface area contributed by atoms with Gasteiger partial charge in [-0.1, -0.05) is 176 Å². The van der Waals surface area contributed by atoms with E-state index in [2.05, 4.69) is 66.7 Å². The Kier molecular flexibility index (Phi) is 8.94. The van der Waals surface area contributed by atoms with Crippen LogP contribution in [0.25, 0.3) is 111 Å². The summed E-state index contributed by atoms with van der Waals surface area (Å²) in [4.78, 5) is 14.7. The van der Waals surface area contributed by atoms with Gasteiger partial charge in [0.1, 0.15) is 0 Å². The van der Waals surface area contributed by atoms with Crippen molar-refractivity contribution in [2.75, 3.05) is 0 Å². The van der Waals surface area contributed by atoms with Gasteiger partial charge in [-0.2, -0.15) is 13.2 Å². The van der Waals surface area contributed by atoms with Crippen molar-refractivity contribution >= 4 is 43.1 Å². The summed E-state index contributed by atoms with van der Waals surface area (Å²) in [5.41, 5.74) is 7.30. The van der Waals surface area contributed by atoms with E-state index in [1.54, 1.807) is 6.07 Å². The van der Waals surface area contributed by atoms with Gasteiger partial charge >= 0.3 is 6.18 Å². The first-order valence-electron chi connectivity index (χ1n) is 20.4. The molecule has 0 N–H and O–H groups in total. The van der Waals surface area contributed by atoms with Gasteiger partial charge in [0.05, 0.1) is 5.56 Å². The first-order chi connectivity index (χ1) is 30.3. The Hall–Kier alpha value is -7.96. The summed E-state index contributed by atoms with van der Waals surface area (Å²) in [7, 11) is 0. The average Bonchev–Trinajstić information content (AvgIpc) is 3.32. The average molecular weight is 806 g/mol. The van der Waals surface area contributed by atoms with Crippen molar-refractivity contribution < 1.29 is 13.2 Å². The van der Waals surface area contributed by atoms with Crippen LogP contribution < -0.4 is 0 Å². The third kappa shape index (κ3) is 6.72. The lowest BCUT2D eigenvalue weighted by molar-refractivity contribution is -0.137. The van der Waals surface area contributed by atoms with Gasteiger partial charge in [0, 0.05) is 16.7 Å². The maximum atomic E-state index is 14.5. The molecule has 0 aliphatic rings. The van der Waals surface area contributed by atoms with Crippen LogP contribution in [0, 0.1) is 0 Å². The quantitative estimate of drug-likeness (QED) is 0.157. The van der Waals surface area contributed by atoms with Crippen LogP contribution in [0.3, 0.4) is 0 Å². The topological polar surface area (TPSA) is 38.7 Å². The normalized spacial score (nSPS) is 11.8. The minimum Gasteiger partial charge on any atom is -0.208 e. The van der Waals surface area contributed by atoms with E-state index in [1.165, 1.54) is 12.1 Å². The lowest BCUT2D eigenvalue weighted by Gasteiger charge is -2.20. The van der Waals surface area contributed by atoms with Crippen molar-refractivity contribution in [3.63, 3.8) is 0 Å². The monoisotopic (exact) mass is 805 g/mol. The highest BCUT2D eigenvalue weighted by atomic mass is 19.4. The Morgan fingerprint density at radius 2 is 0.661 bits per heavy atom. The second-order valence-corrected chi connectivity index (χ2v) is 15.5. The number of fused-ring (bicyclic) bond motifs is 4. The Labute approximate surface area is 355 Å². The molecule has 0 fully saturated rings. The van der Waals surface area contributed by atoms with Gasteiger partial charge in [-0.25, -0.2) is 15.0 Å². The van der Waals surface area contributed by atoms with E-state index >= 15 is 0 Å². The molecular formula is C56H34F3N3. The highest BCUT2D eigenvalue weighted by Gasteiger charge is 2.31.